The maximum Gasteiger partial charge on any atom is 0.405 e. The second-order valence-corrected chi connectivity index (χ2v) is 13.4. The SMILES string of the molecule is CC(OC(=O)COCC(=O)OC1C2OC(=O)C3C2OC1C3C(=O)OC(C)(C)C1CC2CCC1C2)C(F)(F)S(=O)(=O)O. The van der Waals surface area contributed by atoms with Gasteiger partial charge in [-0.2, -0.15) is 17.2 Å². The first-order valence-electron chi connectivity index (χ1n) is 13.4. The lowest BCUT2D eigenvalue weighted by molar-refractivity contribution is -0.178. The molecule has 2 aliphatic carbocycles. The first-order valence-corrected chi connectivity index (χ1v) is 14.9. The molecule has 0 radical (unpaired) electrons. The molecule has 5 aliphatic rings. The van der Waals surface area contributed by atoms with Crippen molar-refractivity contribution in [2.45, 2.75) is 87.8 Å². The van der Waals surface area contributed by atoms with Gasteiger partial charge in [-0.3, -0.25) is 14.1 Å². The first-order chi connectivity index (χ1) is 19.0. The Bertz CT molecular complexity index is 1220. The van der Waals surface area contributed by atoms with Crippen molar-refractivity contribution < 1.29 is 69.4 Å². The van der Waals surface area contributed by atoms with Crippen LogP contribution in [0.5, 0.6) is 0 Å². The zero-order chi connectivity index (χ0) is 30.1. The van der Waals surface area contributed by atoms with Gasteiger partial charge >= 0.3 is 39.2 Å². The van der Waals surface area contributed by atoms with E-state index in [9.17, 15) is 36.4 Å². The van der Waals surface area contributed by atoms with Gasteiger partial charge in [-0.1, -0.05) is 6.42 Å². The normalized spacial score (nSPS) is 36.2. The average molecular weight is 611 g/mol. The molecule has 3 aliphatic heterocycles. The van der Waals surface area contributed by atoms with Crippen molar-refractivity contribution in [1.82, 2.24) is 0 Å². The van der Waals surface area contributed by atoms with Crippen LogP contribution in [0.1, 0.15) is 46.5 Å². The van der Waals surface area contributed by atoms with Crippen molar-refractivity contribution in [3.05, 3.63) is 0 Å². The number of fused-ring (bicyclic) bond motifs is 3. The smallest absolute Gasteiger partial charge is 0.405 e. The summed E-state index contributed by atoms with van der Waals surface area (Å²) in [6.07, 6.45) is -2.09. The molecular formula is C25H32F2O13S. The monoisotopic (exact) mass is 610 g/mol. The Balaban J connectivity index is 1.15. The third kappa shape index (κ3) is 5.31. The van der Waals surface area contributed by atoms with Crippen LogP contribution in [0.2, 0.25) is 0 Å². The van der Waals surface area contributed by atoms with E-state index < -0.39 is 100 Å². The molecule has 10 unspecified atom stereocenters. The van der Waals surface area contributed by atoms with Gasteiger partial charge in [0, 0.05) is 5.92 Å². The zero-order valence-corrected chi connectivity index (χ0v) is 23.3. The fourth-order valence-electron chi connectivity index (χ4n) is 7.15. The Labute approximate surface area is 234 Å². The highest BCUT2D eigenvalue weighted by atomic mass is 32.2. The van der Waals surface area contributed by atoms with E-state index in [4.69, 9.17) is 28.2 Å². The van der Waals surface area contributed by atoms with Gasteiger partial charge in [-0.05, 0) is 51.9 Å². The first kappa shape index (κ1) is 30.0. The molecular weight excluding hydrogens is 578 g/mol. The largest absolute Gasteiger partial charge is 0.459 e. The number of ether oxygens (including phenoxy) is 6. The number of hydrogen-bond acceptors (Lipinski definition) is 12. The lowest BCUT2D eigenvalue weighted by Crippen LogP contribution is -2.50. The molecule has 0 aromatic rings. The molecule has 3 saturated heterocycles. The van der Waals surface area contributed by atoms with E-state index in [2.05, 4.69) is 4.74 Å². The van der Waals surface area contributed by atoms with E-state index in [1.807, 2.05) is 13.8 Å². The minimum Gasteiger partial charge on any atom is -0.459 e. The molecule has 10 atom stereocenters. The Morgan fingerprint density at radius 3 is 2.37 bits per heavy atom. The van der Waals surface area contributed by atoms with E-state index in [0.29, 0.717) is 18.8 Å². The maximum absolute atomic E-state index is 13.5. The zero-order valence-electron chi connectivity index (χ0n) is 22.5. The number of esters is 4. The molecule has 41 heavy (non-hydrogen) atoms. The van der Waals surface area contributed by atoms with Crippen LogP contribution in [-0.2, 0) is 57.7 Å². The van der Waals surface area contributed by atoms with Crippen LogP contribution in [-0.4, -0.2) is 91.4 Å². The quantitative estimate of drug-likeness (QED) is 0.199. The predicted molar refractivity (Wildman–Crippen MR) is 127 cm³/mol. The van der Waals surface area contributed by atoms with Crippen LogP contribution >= 0.6 is 0 Å². The van der Waals surface area contributed by atoms with E-state index in [1.165, 1.54) is 6.42 Å². The van der Waals surface area contributed by atoms with Crippen molar-refractivity contribution in [2.75, 3.05) is 13.2 Å². The molecule has 0 aromatic carbocycles. The summed E-state index contributed by atoms with van der Waals surface area (Å²) in [7, 11) is -5.84. The Kier molecular flexibility index (Phi) is 7.61. The minimum absolute atomic E-state index is 0.202. The summed E-state index contributed by atoms with van der Waals surface area (Å²) in [4.78, 5) is 50.2. The molecule has 13 nitrogen and oxygen atoms in total. The highest BCUT2D eigenvalue weighted by Crippen LogP contribution is 2.55. The average Bonchev–Trinajstić information content (AvgIpc) is 3.66. The molecule has 5 fully saturated rings. The van der Waals surface area contributed by atoms with Gasteiger partial charge in [0.2, 0.25) is 0 Å². The van der Waals surface area contributed by atoms with Crippen molar-refractivity contribution in [3.8, 4) is 0 Å². The fraction of sp³-hybridized carbons (Fsp3) is 0.840. The van der Waals surface area contributed by atoms with Crippen LogP contribution < -0.4 is 0 Å². The maximum atomic E-state index is 13.5. The Morgan fingerprint density at radius 2 is 1.76 bits per heavy atom. The van der Waals surface area contributed by atoms with Crippen molar-refractivity contribution in [1.29, 1.82) is 0 Å². The van der Waals surface area contributed by atoms with Crippen molar-refractivity contribution in [2.24, 2.45) is 29.6 Å². The van der Waals surface area contributed by atoms with E-state index in [0.717, 1.165) is 19.3 Å². The van der Waals surface area contributed by atoms with E-state index in [1.54, 1.807) is 0 Å². The summed E-state index contributed by atoms with van der Waals surface area (Å²) in [5.41, 5.74) is -0.766. The number of carbonyl (C=O) groups excluding carboxylic acids is 4. The Hall–Kier alpha value is -2.43. The van der Waals surface area contributed by atoms with Crippen LogP contribution in [0.15, 0.2) is 0 Å². The molecule has 0 aromatic heterocycles. The number of hydrogen-bond donors (Lipinski definition) is 1. The molecule has 2 saturated carbocycles. The Morgan fingerprint density at radius 1 is 1.07 bits per heavy atom. The van der Waals surface area contributed by atoms with Crippen LogP contribution in [0, 0.1) is 29.6 Å². The second kappa shape index (κ2) is 10.4. The predicted octanol–water partition coefficient (Wildman–Crippen LogP) is 1.02. The summed E-state index contributed by atoms with van der Waals surface area (Å²) < 4.78 is 88.7. The van der Waals surface area contributed by atoms with Crippen molar-refractivity contribution >= 4 is 34.0 Å². The number of rotatable bonds is 11. The summed E-state index contributed by atoms with van der Waals surface area (Å²) in [6, 6.07) is 0. The number of carbonyl (C=O) groups is 4. The van der Waals surface area contributed by atoms with Gasteiger partial charge in [0.15, 0.2) is 18.3 Å². The van der Waals surface area contributed by atoms with Crippen LogP contribution in [0.25, 0.3) is 0 Å². The third-order valence-electron chi connectivity index (χ3n) is 9.00. The molecule has 16 heteroatoms. The lowest BCUT2D eigenvalue weighted by atomic mass is 9.76. The van der Waals surface area contributed by atoms with Crippen LogP contribution in [0.4, 0.5) is 8.78 Å². The van der Waals surface area contributed by atoms with Gasteiger partial charge < -0.3 is 28.4 Å². The molecule has 230 valence electrons. The van der Waals surface area contributed by atoms with Crippen LogP contribution in [0.3, 0.4) is 0 Å². The molecule has 3 heterocycles. The summed E-state index contributed by atoms with van der Waals surface area (Å²) >= 11 is 0. The van der Waals surface area contributed by atoms with E-state index >= 15 is 0 Å². The molecule has 0 amide bonds. The number of alkyl halides is 2. The molecule has 0 spiro atoms. The van der Waals surface area contributed by atoms with Crippen molar-refractivity contribution in [3.63, 3.8) is 0 Å². The molecule has 4 bridgehead atoms. The molecule has 5 rings (SSSR count). The summed E-state index contributed by atoms with van der Waals surface area (Å²) in [5.74, 6) is -4.40. The topological polar surface area (TPSA) is 178 Å². The lowest BCUT2D eigenvalue weighted by Gasteiger charge is -2.38. The summed E-state index contributed by atoms with van der Waals surface area (Å²) in [6.45, 7) is 2.39. The van der Waals surface area contributed by atoms with Gasteiger partial charge in [0.05, 0.1) is 0 Å². The summed E-state index contributed by atoms with van der Waals surface area (Å²) in [5, 5.41) is -4.76. The minimum atomic E-state index is -5.84. The highest BCUT2D eigenvalue weighted by Gasteiger charge is 2.72. The third-order valence-corrected chi connectivity index (χ3v) is 10.0. The van der Waals surface area contributed by atoms with Gasteiger partial charge in [0.25, 0.3) is 0 Å². The fourth-order valence-corrected chi connectivity index (χ4v) is 7.62. The van der Waals surface area contributed by atoms with Gasteiger partial charge in [-0.25, -0.2) is 9.59 Å². The number of halogens is 2. The standard InChI is InChI=1S/C25H32F2O13S/c1-10(25(26,27)41(32,33)34)36-14(28)8-35-9-15(29)37-20-19-17(16-18(38-19)21(20)39-22(16)30)23(31)40-24(2,3)13-7-11-4-5-12(13)6-11/h10-13,16-21H,4-9H2,1-3H3,(H,32,33,34). The molecule has 1 N–H and O–H groups in total. The second-order valence-electron chi connectivity index (χ2n) is 11.9. The highest BCUT2D eigenvalue weighted by molar-refractivity contribution is 7.86. The van der Waals surface area contributed by atoms with Gasteiger partial charge in [0.1, 0.15) is 42.9 Å². The van der Waals surface area contributed by atoms with Gasteiger partial charge in [-0.15, -0.1) is 0 Å². The van der Waals surface area contributed by atoms with E-state index in [-0.39, 0.29) is 5.92 Å².